The Bertz CT molecular complexity index is 330. The van der Waals surface area contributed by atoms with E-state index in [2.05, 4.69) is 15.6 Å². The van der Waals surface area contributed by atoms with Crippen LogP contribution in [-0.4, -0.2) is 42.1 Å². The van der Waals surface area contributed by atoms with Crippen LogP contribution in [-0.2, 0) is 0 Å². The van der Waals surface area contributed by atoms with Crippen LogP contribution in [0.2, 0.25) is 0 Å². The molecular formula is C10H16Cl2N4O. The Kier molecular flexibility index (Phi) is 7.61. The summed E-state index contributed by atoms with van der Waals surface area (Å²) in [5, 5.41) is 5.96. The lowest BCUT2D eigenvalue weighted by Crippen LogP contribution is -2.48. The Labute approximate surface area is 113 Å². The fraction of sp³-hybridized carbons (Fsp3) is 0.400. The van der Waals surface area contributed by atoms with Gasteiger partial charge in [0.2, 0.25) is 0 Å². The highest BCUT2D eigenvalue weighted by molar-refractivity contribution is 5.88. The van der Waals surface area contributed by atoms with Gasteiger partial charge in [0.05, 0.1) is 0 Å². The van der Waals surface area contributed by atoms with E-state index in [4.69, 9.17) is 0 Å². The highest BCUT2D eigenvalue weighted by atomic mass is 35.5. The first-order chi connectivity index (χ1) is 7.36. The van der Waals surface area contributed by atoms with Crippen molar-refractivity contribution in [1.82, 2.24) is 15.2 Å². The number of anilines is 1. The topological polar surface area (TPSA) is 57.3 Å². The maximum absolute atomic E-state index is 11.7. The Morgan fingerprint density at radius 2 is 2.00 bits per heavy atom. The SMILES string of the molecule is Cl.Cl.O=C(Nc1ccccn1)N1CCNCC1. The summed E-state index contributed by atoms with van der Waals surface area (Å²) in [4.78, 5) is 17.5. The monoisotopic (exact) mass is 278 g/mol. The van der Waals surface area contributed by atoms with E-state index in [-0.39, 0.29) is 30.8 Å². The lowest BCUT2D eigenvalue weighted by molar-refractivity contribution is 0.204. The van der Waals surface area contributed by atoms with Gasteiger partial charge in [0, 0.05) is 32.4 Å². The number of carbonyl (C=O) groups is 1. The number of rotatable bonds is 1. The summed E-state index contributed by atoms with van der Waals surface area (Å²) in [6.45, 7) is 3.21. The number of hydrogen-bond acceptors (Lipinski definition) is 3. The van der Waals surface area contributed by atoms with Crippen molar-refractivity contribution >= 4 is 36.7 Å². The van der Waals surface area contributed by atoms with Gasteiger partial charge in [0.15, 0.2) is 0 Å². The Morgan fingerprint density at radius 1 is 1.29 bits per heavy atom. The van der Waals surface area contributed by atoms with Crippen molar-refractivity contribution in [3.05, 3.63) is 24.4 Å². The van der Waals surface area contributed by atoms with Gasteiger partial charge in [-0.15, -0.1) is 24.8 Å². The summed E-state index contributed by atoms with van der Waals surface area (Å²) in [6, 6.07) is 5.37. The van der Waals surface area contributed by atoms with Crippen LogP contribution in [0.3, 0.4) is 0 Å². The molecule has 1 fully saturated rings. The van der Waals surface area contributed by atoms with Crippen molar-refractivity contribution in [3.8, 4) is 0 Å². The number of aromatic nitrogens is 1. The van der Waals surface area contributed by atoms with Gasteiger partial charge in [-0.25, -0.2) is 9.78 Å². The largest absolute Gasteiger partial charge is 0.323 e. The van der Waals surface area contributed by atoms with Gasteiger partial charge in [-0.2, -0.15) is 0 Å². The van der Waals surface area contributed by atoms with E-state index in [1.807, 2.05) is 12.1 Å². The molecule has 2 rings (SSSR count). The molecule has 2 heterocycles. The summed E-state index contributed by atoms with van der Waals surface area (Å²) in [5.41, 5.74) is 0. The molecular weight excluding hydrogens is 263 g/mol. The third-order valence-corrected chi connectivity index (χ3v) is 2.30. The Morgan fingerprint density at radius 3 is 2.59 bits per heavy atom. The van der Waals surface area contributed by atoms with Gasteiger partial charge >= 0.3 is 6.03 Å². The van der Waals surface area contributed by atoms with E-state index in [0.29, 0.717) is 5.82 Å². The minimum absolute atomic E-state index is 0. The predicted molar refractivity (Wildman–Crippen MR) is 72.2 cm³/mol. The second-order valence-corrected chi connectivity index (χ2v) is 3.38. The van der Waals surface area contributed by atoms with Crippen LogP contribution in [0.4, 0.5) is 10.6 Å². The zero-order valence-corrected chi connectivity index (χ0v) is 10.9. The lowest BCUT2D eigenvalue weighted by Gasteiger charge is -2.27. The van der Waals surface area contributed by atoms with Gasteiger partial charge in [-0.1, -0.05) is 6.07 Å². The quantitative estimate of drug-likeness (QED) is 0.816. The number of nitrogens with one attached hydrogen (secondary N) is 2. The first-order valence-corrected chi connectivity index (χ1v) is 5.04. The minimum Gasteiger partial charge on any atom is -0.322 e. The summed E-state index contributed by atoms with van der Waals surface area (Å²) in [5.74, 6) is 0.598. The maximum Gasteiger partial charge on any atom is 0.323 e. The molecule has 2 amide bonds. The Balaban J connectivity index is 0.00000128. The minimum atomic E-state index is -0.0739. The third kappa shape index (κ3) is 4.77. The van der Waals surface area contributed by atoms with Crippen molar-refractivity contribution in [2.75, 3.05) is 31.5 Å². The van der Waals surface area contributed by atoms with Crippen LogP contribution in [0.15, 0.2) is 24.4 Å². The second kappa shape index (κ2) is 8.11. The number of nitrogens with zero attached hydrogens (tertiary/aromatic N) is 2. The molecule has 0 spiro atoms. The molecule has 7 heteroatoms. The normalized spacial score (nSPS) is 14.2. The van der Waals surface area contributed by atoms with Crippen LogP contribution in [0.25, 0.3) is 0 Å². The number of urea groups is 1. The van der Waals surface area contributed by atoms with E-state index >= 15 is 0 Å². The predicted octanol–water partition coefficient (Wildman–Crippen LogP) is 1.36. The smallest absolute Gasteiger partial charge is 0.322 e. The molecule has 0 aliphatic carbocycles. The van der Waals surface area contributed by atoms with Gasteiger partial charge in [-0.05, 0) is 12.1 Å². The third-order valence-electron chi connectivity index (χ3n) is 2.30. The molecule has 17 heavy (non-hydrogen) atoms. The summed E-state index contributed by atoms with van der Waals surface area (Å²) < 4.78 is 0. The average molecular weight is 279 g/mol. The lowest BCUT2D eigenvalue weighted by atomic mass is 10.4. The molecule has 0 unspecified atom stereocenters. The van der Waals surface area contributed by atoms with Crippen LogP contribution < -0.4 is 10.6 Å². The maximum atomic E-state index is 11.7. The van der Waals surface area contributed by atoms with Crippen molar-refractivity contribution in [3.63, 3.8) is 0 Å². The number of pyridine rings is 1. The van der Waals surface area contributed by atoms with Gasteiger partial charge in [-0.3, -0.25) is 5.32 Å². The molecule has 1 saturated heterocycles. The molecule has 0 aromatic carbocycles. The fourth-order valence-electron chi connectivity index (χ4n) is 1.49. The molecule has 0 saturated carbocycles. The van der Waals surface area contributed by atoms with Gasteiger partial charge in [0.25, 0.3) is 0 Å². The molecule has 0 radical (unpaired) electrons. The van der Waals surface area contributed by atoms with Crippen LogP contribution in [0.1, 0.15) is 0 Å². The van der Waals surface area contributed by atoms with Crippen molar-refractivity contribution in [1.29, 1.82) is 0 Å². The van der Waals surface area contributed by atoms with Crippen LogP contribution >= 0.6 is 24.8 Å². The molecule has 2 N–H and O–H groups in total. The molecule has 1 aromatic heterocycles. The summed E-state index contributed by atoms with van der Waals surface area (Å²) in [7, 11) is 0. The highest BCUT2D eigenvalue weighted by Gasteiger charge is 2.15. The van der Waals surface area contributed by atoms with Crippen molar-refractivity contribution in [2.45, 2.75) is 0 Å². The average Bonchev–Trinajstić information content (AvgIpc) is 2.31. The van der Waals surface area contributed by atoms with Crippen LogP contribution in [0, 0.1) is 0 Å². The molecule has 1 aromatic rings. The zero-order valence-electron chi connectivity index (χ0n) is 9.26. The van der Waals surface area contributed by atoms with Crippen LogP contribution in [0.5, 0.6) is 0 Å². The highest BCUT2D eigenvalue weighted by Crippen LogP contribution is 2.02. The number of carbonyl (C=O) groups excluding carboxylic acids is 1. The van der Waals surface area contributed by atoms with Crippen molar-refractivity contribution < 1.29 is 4.79 Å². The van der Waals surface area contributed by atoms with E-state index in [1.54, 1.807) is 17.2 Å². The van der Waals surface area contributed by atoms with E-state index < -0.39 is 0 Å². The summed E-state index contributed by atoms with van der Waals surface area (Å²) >= 11 is 0. The number of hydrogen-bond donors (Lipinski definition) is 2. The fourth-order valence-corrected chi connectivity index (χ4v) is 1.49. The Hall–Kier alpha value is -1.04. The van der Waals surface area contributed by atoms with Gasteiger partial charge in [0.1, 0.15) is 5.82 Å². The second-order valence-electron chi connectivity index (χ2n) is 3.38. The molecule has 1 aliphatic heterocycles. The van der Waals surface area contributed by atoms with E-state index in [9.17, 15) is 4.79 Å². The van der Waals surface area contributed by atoms with Gasteiger partial charge < -0.3 is 10.2 Å². The zero-order chi connectivity index (χ0) is 10.5. The van der Waals surface area contributed by atoms with E-state index in [1.165, 1.54) is 0 Å². The van der Waals surface area contributed by atoms with E-state index in [0.717, 1.165) is 26.2 Å². The first kappa shape index (κ1) is 16.0. The first-order valence-electron chi connectivity index (χ1n) is 5.04. The number of amides is 2. The molecule has 5 nitrogen and oxygen atoms in total. The van der Waals surface area contributed by atoms with Crippen molar-refractivity contribution in [2.24, 2.45) is 0 Å². The standard InChI is InChI=1S/C10H14N4O.2ClH/c15-10(14-7-5-11-6-8-14)13-9-3-1-2-4-12-9;;/h1-4,11H,5-8H2,(H,12,13,15);2*1H. The molecule has 0 bridgehead atoms. The summed E-state index contributed by atoms with van der Waals surface area (Å²) in [6.07, 6.45) is 1.66. The molecule has 1 aliphatic rings. The molecule has 0 atom stereocenters. The number of piperazine rings is 1. The molecule has 96 valence electrons. The number of halogens is 2.